The topological polar surface area (TPSA) is 15.3 Å². The van der Waals surface area contributed by atoms with Crippen molar-refractivity contribution < 1.29 is 0 Å². The fraction of sp³-hybridized carbons (Fsp3) is 1.00. The molecule has 1 fully saturated rings. The van der Waals surface area contributed by atoms with Crippen LogP contribution in [0.25, 0.3) is 0 Å². The number of hydrogen-bond acceptors (Lipinski definition) is 2. The highest BCUT2D eigenvalue weighted by Gasteiger charge is 2.28. The van der Waals surface area contributed by atoms with Crippen molar-refractivity contribution in [2.24, 2.45) is 5.92 Å². The van der Waals surface area contributed by atoms with Gasteiger partial charge in [0.1, 0.15) is 0 Å². The van der Waals surface area contributed by atoms with Gasteiger partial charge >= 0.3 is 0 Å². The van der Waals surface area contributed by atoms with Gasteiger partial charge in [-0.05, 0) is 44.7 Å². The van der Waals surface area contributed by atoms with Crippen LogP contribution in [0.1, 0.15) is 59.8 Å². The fourth-order valence-electron chi connectivity index (χ4n) is 2.34. The minimum atomic E-state index is 0.638. The maximum absolute atomic E-state index is 3.49. The Morgan fingerprint density at radius 2 is 1.76 bits per heavy atom. The maximum atomic E-state index is 3.49. The molecule has 2 heteroatoms. The predicted octanol–water partition coefficient (Wildman–Crippen LogP) is 3.28. The largest absolute Gasteiger partial charge is 0.315 e. The Morgan fingerprint density at radius 3 is 2.29 bits per heavy atom. The summed E-state index contributed by atoms with van der Waals surface area (Å²) in [6, 6.07) is 1.57. The molecule has 1 rings (SSSR count). The van der Waals surface area contributed by atoms with Crippen molar-refractivity contribution in [1.82, 2.24) is 10.2 Å². The molecular weight excluding hydrogens is 208 g/mol. The second-order valence-electron chi connectivity index (χ2n) is 6.29. The van der Waals surface area contributed by atoms with Crippen LogP contribution in [0, 0.1) is 5.92 Å². The highest BCUT2D eigenvalue weighted by Crippen LogP contribution is 2.27. The van der Waals surface area contributed by atoms with Gasteiger partial charge in [-0.2, -0.15) is 0 Å². The third-order valence-electron chi connectivity index (χ3n) is 3.34. The van der Waals surface area contributed by atoms with Crippen LogP contribution in [0.15, 0.2) is 0 Å². The zero-order chi connectivity index (χ0) is 12.7. The molecular formula is C15H32N2. The molecule has 2 nitrogen and oxygen atoms in total. The van der Waals surface area contributed by atoms with E-state index in [-0.39, 0.29) is 0 Å². The number of nitrogens with zero attached hydrogens (tertiary/aromatic N) is 1. The summed E-state index contributed by atoms with van der Waals surface area (Å²) in [6.07, 6.45) is 6.98. The SMILES string of the molecule is CC(C)CN(CCCCCNC(C)C)C1CC1. The van der Waals surface area contributed by atoms with Crippen LogP contribution in [0.2, 0.25) is 0 Å². The molecule has 0 bridgehead atoms. The van der Waals surface area contributed by atoms with E-state index in [2.05, 4.69) is 37.9 Å². The van der Waals surface area contributed by atoms with Crippen LogP contribution < -0.4 is 5.32 Å². The van der Waals surface area contributed by atoms with Crippen molar-refractivity contribution >= 4 is 0 Å². The molecule has 0 aromatic carbocycles. The highest BCUT2D eigenvalue weighted by molar-refractivity contribution is 4.84. The molecule has 0 aromatic heterocycles. The smallest absolute Gasteiger partial charge is 0.00965 e. The molecule has 1 aliphatic rings. The average molecular weight is 240 g/mol. The highest BCUT2D eigenvalue weighted by atomic mass is 15.2. The van der Waals surface area contributed by atoms with Gasteiger partial charge in [0.05, 0.1) is 0 Å². The average Bonchev–Trinajstić information content (AvgIpc) is 3.03. The summed E-state index contributed by atoms with van der Waals surface area (Å²) >= 11 is 0. The van der Waals surface area contributed by atoms with E-state index in [0.717, 1.165) is 12.0 Å². The van der Waals surface area contributed by atoms with E-state index in [1.165, 1.54) is 51.7 Å². The number of unbranched alkanes of at least 4 members (excludes halogenated alkanes) is 2. The molecule has 0 saturated heterocycles. The summed E-state index contributed by atoms with van der Waals surface area (Å²) in [5.41, 5.74) is 0. The lowest BCUT2D eigenvalue weighted by Gasteiger charge is -2.23. The van der Waals surface area contributed by atoms with Gasteiger partial charge in [-0.1, -0.05) is 34.1 Å². The van der Waals surface area contributed by atoms with Gasteiger partial charge in [0.15, 0.2) is 0 Å². The van der Waals surface area contributed by atoms with Crippen LogP contribution in [0.4, 0.5) is 0 Å². The molecule has 0 heterocycles. The van der Waals surface area contributed by atoms with Crippen molar-refractivity contribution in [2.75, 3.05) is 19.6 Å². The maximum Gasteiger partial charge on any atom is 0.00965 e. The van der Waals surface area contributed by atoms with Crippen LogP contribution in [-0.2, 0) is 0 Å². The summed E-state index contributed by atoms with van der Waals surface area (Å²) < 4.78 is 0. The molecule has 1 N–H and O–H groups in total. The molecule has 0 spiro atoms. The van der Waals surface area contributed by atoms with E-state index in [0.29, 0.717) is 6.04 Å². The summed E-state index contributed by atoms with van der Waals surface area (Å²) in [5.74, 6) is 0.818. The fourth-order valence-corrected chi connectivity index (χ4v) is 2.34. The van der Waals surface area contributed by atoms with Crippen molar-refractivity contribution in [1.29, 1.82) is 0 Å². The lowest BCUT2D eigenvalue weighted by Crippen LogP contribution is -2.31. The van der Waals surface area contributed by atoms with Gasteiger partial charge in [0.25, 0.3) is 0 Å². The molecule has 102 valence electrons. The second-order valence-corrected chi connectivity index (χ2v) is 6.29. The van der Waals surface area contributed by atoms with E-state index in [1.54, 1.807) is 0 Å². The summed E-state index contributed by atoms with van der Waals surface area (Å²) in [7, 11) is 0. The molecule has 0 aromatic rings. The summed E-state index contributed by atoms with van der Waals surface area (Å²) in [6.45, 7) is 12.9. The first-order valence-corrected chi connectivity index (χ1v) is 7.57. The van der Waals surface area contributed by atoms with Gasteiger partial charge in [-0.3, -0.25) is 0 Å². The molecule has 0 aliphatic heterocycles. The van der Waals surface area contributed by atoms with E-state index in [4.69, 9.17) is 0 Å². The van der Waals surface area contributed by atoms with Crippen molar-refractivity contribution in [3.63, 3.8) is 0 Å². The molecule has 17 heavy (non-hydrogen) atoms. The normalized spacial score (nSPS) is 16.4. The Balaban J connectivity index is 1.99. The lowest BCUT2D eigenvalue weighted by molar-refractivity contribution is 0.229. The van der Waals surface area contributed by atoms with Gasteiger partial charge in [-0.25, -0.2) is 0 Å². The Morgan fingerprint density at radius 1 is 1.06 bits per heavy atom. The van der Waals surface area contributed by atoms with Gasteiger partial charge < -0.3 is 10.2 Å². The summed E-state index contributed by atoms with van der Waals surface area (Å²) in [5, 5.41) is 3.49. The molecule has 0 unspecified atom stereocenters. The Labute approximate surface area is 108 Å². The zero-order valence-electron chi connectivity index (χ0n) is 12.3. The second kappa shape index (κ2) is 8.10. The first-order valence-electron chi connectivity index (χ1n) is 7.57. The van der Waals surface area contributed by atoms with Crippen molar-refractivity contribution in [3.05, 3.63) is 0 Å². The van der Waals surface area contributed by atoms with Crippen LogP contribution >= 0.6 is 0 Å². The number of nitrogens with one attached hydrogen (secondary N) is 1. The Kier molecular flexibility index (Phi) is 7.14. The van der Waals surface area contributed by atoms with Crippen LogP contribution in [-0.4, -0.2) is 36.6 Å². The van der Waals surface area contributed by atoms with Crippen LogP contribution in [0.3, 0.4) is 0 Å². The first-order chi connectivity index (χ1) is 8.09. The Bertz CT molecular complexity index is 185. The van der Waals surface area contributed by atoms with E-state index in [1.807, 2.05) is 0 Å². The Hall–Kier alpha value is -0.0800. The van der Waals surface area contributed by atoms with Crippen molar-refractivity contribution in [2.45, 2.75) is 71.9 Å². The molecule has 1 aliphatic carbocycles. The van der Waals surface area contributed by atoms with Gasteiger partial charge in [0, 0.05) is 18.6 Å². The van der Waals surface area contributed by atoms with Crippen molar-refractivity contribution in [3.8, 4) is 0 Å². The minimum absolute atomic E-state index is 0.638. The quantitative estimate of drug-likeness (QED) is 0.590. The van der Waals surface area contributed by atoms with Gasteiger partial charge in [0.2, 0.25) is 0 Å². The number of rotatable bonds is 10. The van der Waals surface area contributed by atoms with E-state index >= 15 is 0 Å². The lowest BCUT2D eigenvalue weighted by atomic mass is 10.1. The predicted molar refractivity (Wildman–Crippen MR) is 76.4 cm³/mol. The molecule has 0 radical (unpaired) electrons. The molecule has 0 atom stereocenters. The molecule has 1 saturated carbocycles. The number of hydrogen-bond donors (Lipinski definition) is 1. The van der Waals surface area contributed by atoms with Crippen LogP contribution in [0.5, 0.6) is 0 Å². The first kappa shape index (κ1) is 15.0. The monoisotopic (exact) mass is 240 g/mol. The minimum Gasteiger partial charge on any atom is -0.315 e. The van der Waals surface area contributed by atoms with E-state index < -0.39 is 0 Å². The third-order valence-corrected chi connectivity index (χ3v) is 3.34. The van der Waals surface area contributed by atoms with Gasteiger partial charge in [-0.15, -0.1) is 0 Å². The zero-order valence-corrected chi connectivity index (χ0v) is 12.3. The van der Waals surface area contributed by atoms with E-state index in [9.17, 15) is 0 Å². The summed E-state index contributed by atoms with van der Waals surface area (Å²) in [4.78, 5) is 2.72. The standard InChI is InChI=1S/C15H32N2/c1-13(2)12-17(15-8-9-15)11-7-5-6-10-16-14(3)4/h13-16H,5-12H2,1-4H3. The third kappa shape index (κ3) is 7.77. The molecule has 0 amide bonds.